The van der Waals surface area contributed by atoms with Gasteiger partial charge in [0.2, 0.25) is 0 Å². The summed E-state index contributed by atoms with van der Waals surface area (Å²) in [7, 11) is 3.74. The van der Waals surface area contributed by atoms with Crippen LogP contribution >= 0.6 is 0 Å². The molecule has 0 atom stereocenters. The van der Waals surface area contributed by atoms with E-state index in [1.807, 2.05) is 37.5 Å². The number of fused-ring (bicyclic) bond motifs is 1. The third kappa shape index (κ3) is 2.91. The Bertz CT molecular complexity index is 487. The molecular formula is C13H17N3O. The van der Waals surface area contributed by atoms with Crippen molar-refractivity contribution in [3.63, 3.8) is 0 Å². The van der Waals surface area contributed by atoms with Gasteiger partial charge in [-0.05, 0) is 18.6 Å². The Morgan fingerprint density at radius 2 is 2.00 bits per heavy atom. The molecule has 0 amide bonds. The molecule has 1 aromatic heterocycles. The van der Waals surface area contributed by atoms with E-state index in [1.54, 1.807) is 7.11 Å². The highest BCUT2D eigenvalue weighted by Crippen LogP contribution is 2.14. The summed E-state index contributed by atoms with van der Waals surface area (Å²) >= 11 is 0. The Kier molecular flexibility index (Phi) is 3.88. The smallest absolute Gasteiger partial charge is 0.147 e. The lowest BCUT2D eigenvalue weighted by Gasteiger charge is -2.17. The van der Waals surface area contributed by atoms with E-state index >= 15 is 0 Å². The van der Waals surface area contributed by atoms with Gasteiger partial charge in [0.1, 0.15) is 5.82 Å². The lowest BCUT2D eigenvalue weighted by Crippen LogP contribution is -2.21. The molecule has 0 N–H and O–H groups in total. The van der Waals surface area contributed by atoms with Crippen LogP contribution in [0.15, 0.2) is 30.5 Å². The molecule has 0 saturated carbocycles. The van der Waals surface area contributed by atoms with Gasteiger partial charge in [0.05, 0.1) is 17.2 Å². The number of nitrogens with zero attached hydrogens (tertiary/aromatic N) is 3. The van der Waals surface area contributed by atoms with E-state index in [-0.39, 0.29) is 0 Å². The molecule has 17 heavy (non-hydrogen) atoms. The van der Waals surface area contributed by atoms with Crippen LogP contribution in [0.3, 0.4) is 0 Å². The summed E-state index contributed by atoms with van der Waals surface area (Å²) in [6.45, 7) is 1.69. The molecule has 0 unspecified atom stereocenters. The second-order valence-electron chi connectivity index (χ2n) is 3.98. The molecule has 0 spiro atoms. The number of benzene rings is 1. The molecule has 90 valence electrons. The summed E-state index contributed by atoms with van der Waals surface area (Å²) in [4.78, 5) is 11.1. The molecule has 0 aliphatic heterocycles. The van der Waals surface area contributed by atoms with Gasteiger partial charge < -0.3 is 9.64 Å². The molecule has 2 rings (SSSR count). The van der Waals surface area contributed by atoms with Crippen LogP contribution in [0.4, 0.5) is 5.82 Å². The van der Waals surface area contributed by atoms with E-state index in [0.29, 0.717) is 0 Å². The molecule has 2 aromatic rings. The number of aromatic nitrogens is 2. The summed E-state index contributed by atoms with van der Waals surface area (Å²) in [5.74, 6) is 0.903. The summed E-state index contributed by atoms with van der Waals surface area (Å²) in [5.41, 5.74) is 1.87. The fourth-order valence-electron chi connectivity index (χ4n) is 1.69. The molecular weight excluding hydrogens is 214 g/mol. The monoisotopic (exact) mass is 231 g/mol. The molecule has 4 heteroatoms. The van der Waals surface area contributed by atoms with Crippen LogP contribution in [0, 0.1) is 0 Å². The maximum absolute atomic E-state index is 5.04. The molecule has 1 heterocycles. The molecule has 1 aromatic carbocycles. The topological polar surface area (TPSA) is 38.2 Å². The fourth-order valence-corrected chi connectivity index (χ4v) is 1.69. The number of hydrogen-bond donors (Lipinski definition) is 0. The van der Waals surface area contributed by atoms with Crippen molar-refractivity contribution in [2.45, 2.75) is 6.42 Å². The number of ether oxygens (including phenoxy) is 1. The van der Waals surface area contributed by atoms with Gasteiger partial charge in [0.25, 0.3) is 0 Å². The van der Waals surface area contributed by atoms with E-state index < -0.39 is 0 Å². The second-order valence-corrected chi connectivity index (χ2v) is 3.98. The van der Waals surface area contributed by atoms with Gasteiger partial charge >= 0.3 is 0 Å². The average molecular weight is 231 g/mol. The maximum atomic E-state index is 5.04. The first-order chi connectivity index (χ1) is 8.31. The summed E-state index contributed by atoms with van der Waals surface area (Å²) in [6, 6.07) is 7.90. The Morgan fingerprint density at radius 3 is 2.76 bits per heavy atom. The minimum Gasteiger partial charge on any atom is -0.385 e. The molecule has 4 nitrogen and oxygen atoms in total. The van der Waals surface area contributed by atoms with Crippen LogP contribution in [-0.4, -0.2) is 37.3 Å². The zero-order chi connectivity index (χ0) is 12.1. The largest absolute Gasteiger partial charge is 0.385 e. The maximum Gasteiger partial charge on any atom is 0.147 e. The zero-order valence-electron chi connectivity index (χ0n) is 10.3. The number of para-hydroxylation sites is 2. The average Bonchev–Trinajstić information content (AvgIpc) is 2.38. The molecule has 0 aliphatic rings. The highest BCUT2D eigenvalue weighted by Gasteiger charge is 2.04. The molecule has 0 aliphatic carbocycles. The van der Waals surface area contributed by atoms with E-state index in [1.165, 1.54) is 0 Å². The summed E-state index contributed by atoms with van der Waals surface area (Å²) < 4.78 is 5.04. The van der Waals surface area contributed by atoms with Gasteiger partial charge in [0, 0.05) is 27.3 Å². The van der Waals surface area contributed by atoms with Gasteiger partial charge in [-0.25, -0.2) is 4.98 Å². The minimum absolute atomic E-state index is 0.769. The lowest BCUT2D eigenvalue weighted by molar-refractivity contribution is 0.196. The van der Waals surface area contributed by atoms with Crippen LogP contribution in [-0.2, 0) is 4.74 Å². The van der Waals surface area contributed by atoms with Crippen molar-refractivity contribution >= 4 is 16.9 Å². The van der Waals surface area contributed by atoms with Gasteiger partial charge in [-0.3, -0.25) is 4.98 Å². The summed E-state index contributed by atoms with van der Waals surface area (Å²) in [5, 5.41) is 0. The molecule has 0 fully saturated rings. The van der Waals surface area contributed by atoms with E-state index in [9.17, 15) is 0 Å². The first-order valence-corrected chi connectivity index (χ1v) is 5.73. The number of anilines is 1. The van der Waals surface area contributed by atoms with Crippen molar-refractivity contribution in [3.05, 3.63) is 30.5 Å². The van der Waals surface area contributed by atoms with Crippen LogP contribution < -0.4 is 4.90 Å². The zero-order valence-corrected chi connectivity index (χ0v) is 10.3. The summed E-state index contributed by atoms with van der Waals surface area (Å²) in [6.07, 6.45) is 2.80. The van der Waals surface area contributed by atoms with Gasteiger partial charge in [0.15, 0.2) is 0 Å². The molecule has 0 saturated heterocycles. The van der Waals surface area contributed by atoms with E-state index in [4.69, 9.17) is 4.74 Å². The first-order valence-electron chi connectivity index (χ1n) is 5.73. The van der Waals surface area contributed by atoms with Crippen LogP contribution in [0.5, 0.6) is 0 Å². The number of methoxy groups -OCH3 is 1. The molecule has 0 bridgehead atoms. The predicted molar refractivity (Wildman–Crippen MR) is 69.3 cm³/mol. The predicted octanol–water partition coefficient (Wildman–Crippen LogP) is 2.10. The number of hydrogen-bond acceptors (Lipinski definition) is 4. The standard InChI is InChI=1S/C13H17N3O/c1-16(8-5-9-17-2)13-10-14-11-6-3-4-7-12(11)15-13/h3-4,6-7,10H,5,8-9H2,1-2H3. The van der Waals surface area contributed by atoms with E-state index in [0.717, 1.165) is 36.4 Å². The van der Waals surface area contributed by atoms with Crippen molar-refractivity contribution in [2.75, 3.05) is 32.2 Å². The Hall–Kier alpha value is -1.68. The minimum atomic E-state index is 0.769. The number of rotatable bonds is 5. The highest BCUT2D eigenvalue weighted by molar-refractivity contribution is 5.75. The molecule has 0 radical (unpaired) electrons. The van der Waals surface area contributed by atoms with Crippen molar-refractivity contribution in [3.8, 4) is 0 Å². The van der Waals surface area contributed by atoms with Crippen LogP contribution in [0.1, 0.15) is 6.42 Å². The Balaban J connectivity index is 2.12. The Labute approximate surface area is 101 Å². The van der Waals surface area contributed by atoms with Gasteiger partial charge in [-0.15, -0.1) is 0 Å². The Morgan fingerprint density at radius 1 is 1.24 bits per heavy atom. The quantitative estimate of drug-likeness (QED) is 0.739. The van der Waals surface area contributed by atoms with Crippen LogP contribution in [0.2, 0.25) is 0 Å². The van der Waals surface area contributed by atoms with Crippen molar-refractivity contribution < 1.29 is 4.74 Å². The third-order valence-electron chi connectivity index (χ3n) is 2.67. The van der Waals surface area contributed by atoms with Crippen LogP contribution in [0.25, 0.3) is 11.0 Å². The van der Waals surface area contributed by atoms with Gasteiger partial charge in [-0.1, -0.05) is 12.1 Å². The SMILES string of the molecule is COCCCN(C)c1cnc2ccccc2n1. The van der Waals surface area contributed by atoms with E-state index in [2.05, 4.69) is 14.9 Å². The van der Waals surface area contributed by atoms with Crippen molar-refractivity contribution in [1.29, 1.82) is 0 Å². The van der Waals surface area contributed by atoms with Crippen molar-refractivity contribution in [1.82, 2.24) is 9.97 Å². The lowest BCUT2D eigenvalue weighted by atomic mass is 10.3. The highest BCUT2D eigenvalue weighted by atomic mass is 16.5. The third-order valence-corrected chi connectivity index (χ3v) is 2.67. The van der Waals surface area contributed by atoms with Crippen molar-refractivity contribution in [2.24, 2.45) is 0 Å². The van der Waals surface area contributed by atoms with Gasteiger partial charge in [-0.2, -0.15) is 0 Å². The normalized spacial score (nSPS) is 10.7. The fraction of sp³-hybridized carbons (Fsp3) is 0.385. The first kappa shape index (κ1) is 11.8. The second kappa shape index (κ2) is 5.59.